The van der Waals surface area contributed by atoms with Gasteiger partial charge in [-0.3, -0.25) is 0 Å². The van der Waals surface area contributed by atoms with Gasteiger partial charge in [-0.1, -0.05) is 15.9 Å². The fourth-order valence-corrected chi connectivity index (χ4v) is 2.24. The first-order valence-corrected chi connectivity index (χ1v) is 5.90. The molecule has 1 aliphatic carbocycles. The molecule has 1 aromatic rings. The van der Waals surface area contributed by atoms with Gasteiger partial charge in [0.25, 0.3) is 0 Å². The molecule has 0 bridgehead atoms. The molecule has 1 fully saturated rings. The summed E-state index contributed by atoms with van der Waals surface area (Å²) in [6.45, 7) is 2.21. The molecule has 0 radical (unpaired) electrons. The Morgan fingerprint density at radius 1 is 1.47 bits per heavy atom. The Morgan fingerprint density at radius 2 is 2.20 bits per heavy atom. The minimum absolute atomic E-state index is 0.187. The smallest absolute Gasteiger partial charge is 0.101 e. The Balaban J connectivity index is 2.26. The molecule has 1 N–H and O–H groups in total. The number of hydrogen-bond acceptors (Lipinski definition) is 2. The molecule has 0 spiro atoms. The van der Waals surface area contributed by atoms with Gasteiger partial charge in [-0.15, -0.1) is 0 Å². The third-order valence-corrected chi connectivity index (χ3v) is 3.49. The molecule has 2 rings (SSSR count). The van der Waals surface area contributed by atoms with Crippen LogP contribution < -0.4 is 5.32 Å². The summed E-state index contributed by atoms with van der Waals surface area (Å²) in [5.41, 5.74) is 1.84. The maximum absolute atomic E-state index is 8.99. The van der Waals surface area contributed by atoms with Crippen LogP contribution in [0.15, 0.2) is 22.7 Å². The lowest BCUT2D eigenvalue weighted by atomic mass is 9.78. The molecule has 1 saturated carbocycles. The van der Waals surface area contributed by atoms with Gasteiger partial charge in [0.05, 0.1) is 11.3 Å². The predicted octanol–water partition coefficient (Wildman–Crippen LogP) is 3.68. The highest BCUT2D eigenvalue weighted by Crippen LogP contribution is 2.36. The lowest BCUT2D eigenvalue weighted by molar-refractivity contribution is 0.306. The number of benzene rings is 1. The van der Waals surface area contributed by atoms with Crippen LogP contribution in [0.1, 0.15) is 31.7 Å². The molecule has 0 atom stereocenters. The summed E-state index contributed by atoms with van der Waals surface area (Å²) < 4.78 is 1.01. The van der Waals surface area contributed by atoms with Crippen LogP contribution in [-0.2, 0) is 0 Å². The summed E-state index contributed by atoms with van der Waals surface area (Å²) in [5.74, 6) is 0. The molecule has 0 saturated heterocycles. The van der Waals surface area contributed by atoms with Gasteiger partial charge < -0.3 is 5.32 Å². The second kappa shape index (κ2) is 3.86. The zero-order valence-electron chi connectivity index (χ0n) is 8.68. The molecule has 78 valence electrons. The van der Waals surface area contributed by atoms with Gasteiger partial charge >= 0.3 is 0 Å². The zero-order chi connectivity index (χ0) is 10.9. The monoisotopic (exact) mass is 264 g/mol. The standard InChI is InChI=1S/C12H13BrN2/c1-12(5-2-6-12)15-11-7-10(13)4-3-9(11)8-14/h3-4,7,15H,2,5-6H2,1H3. The molecule has 0 aliphatic heterocycles. The summed E-state index contributed by atoms with van der Waals surface area (Å²) in [7, 11) is 0. The Kier molecular flexibility index (Phi) is 2.70. The van der Waals surface area contributed by atoms with Gasteiger partial charge in [-0.05, 0) is 44.4 Å². The van der Waals surface area contributed by atoms with Crippen molar-refractivity contribution in [3.05, 3.63) is 28.2 Å². The van der Waals surface area contributed by atoms with Crippen molar-refractivity contribution in [3.63, 3.8) is 0 Å². The molecule has 15 heavy (non-hydrogen) atoms. The van der Waals surface area contributed by atoms with Gasteiger partial charge in [0, 0.05) is 10.0 Å². The first-order valence-electron chi connectivity index (χ1n) is 5.11. The summed E-state index contributed by atoms with van der Waals surface area (Å²) in [6, 6.07) is 7.92. The summed E-state index contributed by atoms with van der Waals surface area (Å²) >= 11 is 3.42. The second-order valence-corrected chi connectivity index (χ2v) is 5.26. The summed E-state index contributed by atoms with van der Waals surface area (Å²) in [4.78, 5) is 0. The molecule has 1 aliphatic rings. The number of rotatable bonds is 2. The molecular formula is C12H13BrN2. The molecule has 0 aromatic heterocycles. The van der Waals surface area contributed by atoms with E-state index in [1.54, 1.807) is 0 Å². The van der Waals surface area contributed by atoms with Crippen molar-refractivity contribution >= 4 is 21.6 Å². The topological polar surface area (TPSA) is 35.8 Å². The van der Waals surface area contributed by atoms with Crippen LogP contribution in [-0.4, -0.2) is 5.54 Å². The maximum atomic E-state index is 8.99. The Morgan fingerprint density at radius 3 is 2.73 bits per heavy atom. The Bertz CT molecular complexity index is 416. The third kappa shape index (κ3) is 2.15. The van der Waals surface area contributed by atoms with E-state index < -0.39 is 0 Å². The largest absolute Gasteiger partial charge is 0.379 e. The molecule has 0 amide bonds. The lowest BCUT2D eigenvalue weighted by Gasteiger charge is -2.40. The molecule has 0 heterocycles. The van der Waals surface area contributed by atoms with E-state index in [1.807, 2.05) is 18.2 Å². The number of hydrogen-bond donors (Lipinski definition) is 1. The van der Waals surface area contributed by atoms with E-state index >= 15 is 0 Å². The van der Waals surface area contributed by atoms with Crippen LogP contribution >= 0.6 is 15.9 Å². The van der Waals surface area contributed by atoms with Crippen molar-refractivity contribution in [2.75, 3.05) is 5.32 Å². The van der Waals surface area contributed by atoms with E-state index in [0.29, 0.717) is 5.56 Å². The number of anilines is 1. The SMILES string of the molecule is CC1(Nc2cc(Br)ccc2C#N)CCC1. The lowest BCUT2D eigenvalue weighted by Crippen LogP contribution is -2.41. The van der Waals surface area contributed by atoms with Crippen LogP contribution in [0.2, 0.25) is 0 Å². The van der Waals surface area contributed by atoms with Crippen molar-refractivity contribution in [2.24, 2.45) is 0 Å². The average Bonchev–Trinajstić information content (AvgIpc) is 2.16. The fraction of sp³-hybridized carbons (Fsp3) is 0.417. The van der Waals surface area contributed by atoms with Crippen LogP contribution in [0.25, 0.3) is 0 Å². The van der Waals surface area contributed by atoms with Crippen LogP contribution in [0, 0.1) is 11.3 Å². The fourth-order valence-electron chi connectivity index (χ4n) is 1.87. The van der Waals surface area contributed by atoms with Gasteiger partial charge in [0.2, 0.25) is 0 Å². The van der Waals surface area contributed by atoms with Crippen LogP contribution in [0.3, 0.4) is 0 Å². The quantitative estimate of drug-likeness (QED) is 0.885. The van der Waals surface area contributed by atoms with E-state index in [0.717, 1.165) is 10.2 Å². The van der Waals surface area contributed by atoms with Gasteiger partial charge in [-0.2, -0.15) is 5.26 Å². The first-order chi connectivity index (χ1) is 7.13. The van der Waals surface area contributed by atoms with Gasteiger partial charge in [-0.25, -0.2) is 0 Å². The normalized spacial score (nSPS) is 17.7. The van der Waals surface area contributed by atoms with Crippen molar-refractivity contribution in [3.8, 4) is 6.07 Å². The van der Waals surface area contributed by atoms with Crippen LogP contribution in [0.4, 0.5) is 5.69 Å². The third-order valence-electron chi connectivity index (χ3n) is 3.00. The van der Waals surface area contributed by atoms with E-state index in [1.165, 1.54) is 19.3 Å². The number of nitriles is 1. The number of nitrogens with zero attached hydrogens (tertiary/aromatic N) is 1. The van der Waals surface area contributed by atoms with E-state index in [9.17, 15) is 0 Å². The van der Waals surface area contributed by atoms with Gasteiger partial charge in [0.15, 0.2) is 0 Å². The molecule has 3 heteroatoms. The minimum Gasteiger partial charge on any atom is -0.379 e. The van der Waals surface area contributed by atoms with Crippen molar-refractivity contribution in [2.45, 2.75) is 31.7 Å². The highest BCUT2D eigenvalue weighted by Gasteiger charge is 2.31. The van der Waals surface area contributed by atoms with Crippen LogP contribution in [0.5, 0.6) is 0 Å². The number of nitrogens with one attached hydrogen (secondary N) is 1. The Hall–Kier alpha value is -1.01. The van der Waals surface area contributed by atoms with E-state index in [-0.39, 0.29) is 5.54 Å². The van der Waals surface area contributed by atoms with Crippen molar-refractivity contribution in [1.29, 1.82) is 5.26 Å². The number of halogens is 1. The van der Waals surface area contributed by atoms with Gasteiger partial charge in [0.1, 0.15) is 6.07 Å². The molecular weight excluding hydrogens is 252 g/mol. The van der Waals surface area contributed by atoms with Crippen molar-refractivity contribution < 1.29 is 0 Å². The summed E-state index contributed by atoms with van der Waals surface area (Å²) in [5, 5.41) is 12.5. The maximum Gasteiger partial charge on any atom is 0.101 e. The molecule has 2 nitrogen and oxygen atoms in total. The molecule has 0 unspecified atom stereocenters. The average molecular weight is 265 g/mol. The summed E-state index contributed by atoms with van der Waals surface area (Å²) in [6.07, 6.45) is 3.65. The van der Waals surface area contributed by atoms with E-state index in [4.69, 9.17) is 5.26 Å². The molecule has 1 aromatic carbocycles. The highest BCUT2D eigenvalue weighted by molar-refractivity contribution is 9.10. The minimum atomic E-state index is 0.187. The first kappa shape index (κ1) is 10.5. The Labute approximate surface area is 98.4 Å². The van der Waals surface area contributed by atoms with Crippen molar-refractivity contribution in [1.82, 2.24) is 0 Å². The zero-order valence-corrected chi connectivity index (χ0v) is 10.3. The second-order valence-electron chi connectivity index (χ2n) is 4.34. The van der Waals surface area contributed by atoms with E-state index in [2.05, 4.69) is 34.2 Å². The highest BCUT2D eigenvalue weighted by atomic mass is 79.9. The predicted molar refractivity (Wildman–Crippen MR) is 64.7 cm³/mol.